The Morgan fingerprint density at radius 2 is 1.78 bits per heavy atom. The van der Waals surface area contributed by atoms with Gasteiger partial charge in [-0.3, -0.25) is 9.69 Å². The highest BCUT2D eigenvalue weighted by Gasteiger charge is 2.34. The number of anilines is 3. The first-order chi connectivity index (χ1) is 20.1. The largest absolute Gasteiger partial charge is 0.462 e. The number of fused-ring (bicyclic) bond motifs is 2. The van der Waals surface area contributed by atoms with Gasteiger partial charge < -0.3 is 19.5 Å². The molecule has 2 fully saturated rings. The summed E-state index contributed by atoms with van der Waals surface area (Å²) in [5, 5.41) is 8.75. The Hall–Kier alpha value is -4.17. The molecule has 0 amide bonds. The van der Waals surface area contributed by atoms with Crippen molar-refractivity contribution in [2.45, 2.75) is 45.1 Å². The van der Waals surface area contributed by atoms with Gasteiger partial charge in [0, 0.05) is 49.0 Å². The third-order valence-corrected chi connectivity index (χ3v) is 8.78. The van der Waals surface area contributed by atoms with Crippen molar-refractivity contribution in [3.8, 4) is 11.3 Å². The molecule has 210 valence electrons. The van der Waals surface area contributed by atoms with Crippen molar-refractivity contribution in [2.75, 3.05) is 43.0 Å². The Balaban J connectivity index is 1.30. The molecule has 0 unspecified atom stereocenters. The third-order valence-electron chi connectivity index (χ3n) is 8.78. The molecule has 4 aromatic rings. The summed E-state index contributed by atoms with van der Waals surface area (Å²) in [6, 6.07) is 17.4. The zero-order chi connectivity index (χ0) is 27.9. The molecule has 0 atom stereocenters. The minimum Gasteiger partial charge on any atom is -0.462 e. The van der Waals surface area contributed by atoms with Crippen LogP contribution in [0.2, 0.25) is 0 Å². The number of aromatic nitrogens is 1. The Kier molecular flexibility index (Phi) is 6.71. The molecular formula is C33H34N4O4. The van der Waals surface area contributed by atoms with E-state index < -0.39 is 0 Å². The topological polar surface area (TPSA) is 87.9 Å². The van der Waals surface area contributed by atoms with Crippen molar-refractivity contribution in [1.29, 1.82) is 0 Å². The van der Waals surface area contributed by atoms with Gasteiger partial charge in [0.25, 0.3) is 0 Å². The number of benzene rings is 3. The van der Waals surface area contributed by atoms with Crippen LogP contribution >= 0.6 is 0 Å². The van der Waals surface area contributed by atoms with Gasteiger partial charge in [-0.25, -0.2) is 4.79 Å². The quantitative estimate of drug-likeness (QED) is 0.243. The zero-order valence-electron chi connectivity index (χ0n) is 23.3. The van der Waals surface area contributed by atoms with Crippen molar-refractivity contribution in [3.05, 3.63) is 71.3 Å². The van der Waals surface area contributed by atoms with Crippen molar-refractivity contribution < 1.29 is 18.8 Å². The fraction of sp³-hybridized carbons (Fsp3) is 0.364. The normalized spacial score (nSPS) is 17.5. The van der Waals surface area contributed by atoms with Crippen LogP contribution in [0.5, 0.6) is 0 Å². The van der Waals surface area contributed by atoms with E-state index in [2.05, 4.69) is 20.3 Å². The number of ketones is 1. The first-order valence-electron chi connectivity index (χ1n) is 14.8. The van der Waals surface area contributed by atoms with Crippen LogP contribution in [-0.2, 0) is 4.74 Å². The molecular weight excluding hydrogens is 516 g/mol. The highest BCUT2D eigenvalue weighted by atomic mass is 16.5. The van der Waals surface area contributed by atoms with Crippen LogP contribution in [0.25, 0.3) is 22.2 Å². The molecule has 0 radical (unpaired) electrons. The lowest BCUT2D eigenvalue weighted by atomic mass is 9.86. The first-order valence-corrected chi connectivity index (χ1v) is 14.8. The van der Waals surface area contributed by atoms with E-state index >= 15 is 0 Å². The van der Waals surface area contributed by atoms with Gasteiger partial charge in [0.15, 0.2) is 11.5 Å². The monoisotopic (exact) mass is 550 g/mol. The molecule has 1 aliphatic heterocycles. The number of piperazine rings is 1. The summed E-state index contributed by atoms with van der Waals surface area (Å²) < 4.78 is 11.2. The molecule has 1 saturated carbocycles. The first kappa shape index (κ1) is 25.8. The maximum Gasteiger partial charge on any atom is 0.338 e. The summed E-state index contributed by atoms with van der Waals surface area (Å²) >= 11 is 0. The summed E-state index contributed by atoms with van der Waals surface area (Å²) in [5.74, 6) is 0.172. The minimum atomic E-state index is -0.379. The van der Waals surface area contributed by atoms with E-state index in [4.69, 9.17) is 9.26 Å². The van der Waals surface area contributed by atoms with Crippen molar-refractivity contribution in [1.82, 2.24) is 10.1 Å². The molecule has 3 aliphatic rings. The molecule has 3 aromatic carbocycles. The van der Waals surface area contributed by atoms with Crippen LogP contribution < -0.4 is 10.2 Å². The highest BCUT2D eigenvalue weighted by Crippen LogP contribution is 2.46. The van der Waals surface area contributed by atoms with Gasteiger partial charge in [0.2, 0.25) is 0 Å². The molecule has 0 bridgehead atoms. The van der Waals surface area contributed by atoms with Crippen LogP contribution in [0.15, 0.2) is 59.1 Å². The smallest absolute Gasteiger partial charge is 0.338 e. The SMILES string of the molecule is CCOC(=O)c1cccc(Nc2cc(N3CCN(C4CCCCC4)CC3)c3noc4c3c2C(=O)c2ccccc2-4)c1. The van der Waals surface area contributed by atoms with Crippen molar-refractivity contribution in [2.24, 2.45) is 0 Å². The summed E-state index contributed by atoms with van der Waals surface area (Å²) in [4.78, 5) is 31.4. The van der Waals surface area contributed by atoms with Crippen LogP contribution in [0.3, 0.4) is 0 Å². The third kappa shape index (κ3) is 4.56. The van der Waals surface area contributed by atoms with E-state index in [1.807, 2.05) is 42.5 Å². The molecule has 41 heavy (non-hydrogen) atoms. The Morgan fingerprint density at radius 3 is 2.56 bits per heavy atom. The maximum absolute atomic E-state index is 14.0. The number of nitrogens with one attached hydrogen (secondary N) is 1. The number of hydrogen-bond donors (Lipinski definition) is 1. The summed E-state index contributed by atoms with van der Waals surface area (Å²) in [7, 11) is 0. The van der Waals surface area contributed by atoms with Gasteiger partial charge in [-0.1, -0.05) is 54.8 Å². The van der Waals surface area contributed by atoms with Gasteiger partial charge in [-0.15, -0.1) is 0 Å². The van der Waals surface area contributed by atoms with E-state index in [1.54, 1.807) is 19.1 Å². The number of carbonyl (C=O) groups is 2. The zero-order valence-corrected chi connectivity index (χ0v) is 23.3. The molecule has 0 spiro atoms. The molecule has 2 aliphatic carbocycles. The molecule has 8 nitrogen and oxygen atoms in total. The van der Waals surface area contributed by atoms with Crippen LogP contribution in [0.1, 0.15) is 65.3 Å². The van der Waals surface area contributed by atoms with E-state index in [-0.39, 0.29) is 11.8 Å². The lowest BCUT2D eigenvalue weighted by Crippen LogP contribution is -2.51. The number of ether oxygens (including phenoxy) is 1. The highest BCUT2D eigenvalue weighted by molar-refractivity contribution is 6.28. The second-order valence-corrected chi connectivity index (χ2v) is 11.2. The number of nitrogens with zero attached hydrogens (tertiary/aromatic N) is 3. The average molecular weight is 551 g/mol. The molecule has 1 aromatic heterocycles. The van der Waals surface area contributed by atoms with Gasteiger partial charge >= 0.3 is 5.97 Å². The van der Waals surface area contributed by atoms with E-state index in [1.165, 1.54) is 32.1 Å². The number of hydrogen-bond acceptors (Lipinski definition) is 8. The Labute approximate surface area is 239 Å². The van der Waals surface area contributed by atoms with Crippen molar-refractivity contribution >= 4 is 39.7 Å². The minimum absolute atomic E-state index is 0.0704. The number of rotatable bonds is 6. The van der Waals surface area contributed by atoms with Crippen LogP contribution in [0, 0.1) is 0 Å². The standard InChI is InChI=1S/C33H34N4O4/c1-2-40-33(39)21-9-8-10-22(19-21)34-26-20-27(37-17-15-36(16-18-37)23-11-4-3-5-12-23)30-29-28(26)31(38)24-13-6-7-14-25(24)32(29)41-35-30/h6-10,13-14,19-20,23,34H,2-5,11-12,15-18H2,1H3. The lowest BCUT2D eigenvalue weighted by Gasteiger charge is -2.41. The Bertz CT molecular complexity index is 1630. The fourth-order valence-corrected chi connectivity index (χ4v) is 6.75. The predicted octanol–water partition coefficient (Wildman–Crippen LogP) is 6.41. The predicted molar refractivity (Wildman–Crippen MR) is 159 cm³/mol. The summed E-state index contributed by atoms with van der Waals surface area (Å²) in [6.45, 7) is 5.87. The molecule has 7 rings (SSSR count). The van der Waals surface area contributed by atoms with Gasteiger partial charge in [0.1, 0.15) is 5.52 Å². The number of esters is 1. The van der Waals surface area contributed by atoms with Gasteiger partial charge in [-0.05, 0) is 44.0 Å². The van der Waals surface area contributed by atoms with E-state index in [0.717, 1.165) is 48.3 Å². The van der Waals surface area contributed by atoms with Crippen molar-refractivity contribution in [3.63, 3.8) is 0 Å². The molecule has 8 heteroatoms. The number of carbonyl (C=O) groups excluding carboxylic acids is 2. The second kappa shape index (κ2) is 10.7. The van der Waals surface area contributed by atoms with E-state index in [0.29, 0.717) is 46.5 Å². The van der Waals surface area contributed by atoms with Gasteiger partial charge in [-0.2, -0.15) is 0 Å². The van der Waals surface area contributed by atoms with E-state index in [9.17, 15) is 9.59 Å². The molecule has 1 N–H and O–H groups in total. The second-order valence-electron chi connectivity index (χ2n) is 11.2. The Morgan fingerprint density at radius 1 is 1.00 bits per heavy atom. The lowest BCUT2D eigenvalue weighted by molar-refractivity contribution is 0.0526. The fourth-order valence-electron chi connectivity index (χ4n) is 6.75. The van der Waals surface area contributed by atoms with Crippen LogP contribution in [0.4, 0.5) is 17.1 Å². The van der Waals surface area contributed by atoms with Gasteiger partial charge in [0.05, 0.1) is 34.5 Å². The molecule has 2 heterocycles. The molecule has 1 saturated heterocycles. The maximum atomic E-state index is 14.0. The summed E-state index contributed by atoms with van der Waals surface area (Å²) in [5.41, 5.74) is 5.40. The van der Waals surface area contributed by atoms with Crippen LogP contribution in [-0.4, -0.2) is 60.6 Å². The summed E-state index contributed by atoms with van der Waals surface area (Å²) in [6.07, 6.45) is 6.61. The average Bonchev–Trinajstić information content (AvgIpc) is 3.46.